The van der Waals surface area contributed by atoms with Crippen molar-refractivity contribution in [3.63, 3.8) is 0 Å². The van der Waals surface area contributed by atoms with Gasteiger partial charge < -0.3 is 18.9 Å². The fourth-order valence-corrected chi connectivity index (χ4v) is 1.47. The molecule has 2 saturated heterocycles. The largest absolute Gasteiger partial charge is 0.509 e. The zero-order chi connectivity index (χ0) is 12.0. The molecule has 2 rings (SSSR count). The van der Waals surface area contributed by atoms with Gasteiger partial charge in [0.15, 0.2) is 0 Å². The Morgan fingerprint density at radius 1 is 1.12 bits per heavy atom. The minimum Gasteiger partial charge on any atom is -0.430 e. The molecule has 2 heterocycles. The Kier molecular flexibility index (Phi) is 2.14. The van der Waals surface area contributed by atoms with Gasteiger partial charge in [-0.15, -0.1) is 0 Å². The van der Waals surface area contributed by atoms with Crippen molar-refractivity contribution in [1.82, 2.24) is 0 Å². The Labute approximate surface area is 86.2 Å². The first kappa shape index (κ1) is 10.8. The maximum atomic E-state index is 12.6. The predicted octanol–water partition coefficient (Wildman–Crippen LogP) is 0.990. The molecule has 2 fully saturated rings. The molecule has 1 spiro atoms. The van der Waals surface area contributed by atoms with E-state index in [0.29, 0.717) is 0 Å². The summed E-state index contributed by atoms with van der Waals surface area (Å²) in [5.74, 6) is 0. The number of ether oxygens (including phenoxy) is 4. The van der Waals surface area contributed by atoms with Crippen LogP contribution in [0.15, 0.2) is 0 Å². The van der Waals surface area contributed by atoms with Gasteiger partial charge in [0.05, 0.1) is 0 Å². The summed E-state index contributed by atoms with van der Waals surface area (Å²) in [5, 5.41) is 0. The summed E-state index contributed by atoms with van der Waals surface area (Å²) in [6, 6.07) is 0. The van der Waals surface area contributed by atoms with E-state index in [4.69, 9.17) is 0 Å². The summed E-state index contributed by atoms with van der Waals surface area (Å²) in [6.07, 6.45) is -10.2. The number of cyclic esters (lactones) is 3. The Morgan fingerprint density at radius 2 is 1.69 bits per heavy atom. The van der Waals surface area contributed by atoms with Crippen LogP contribution in [0.2, 0.25) is 0 Å². The van der Waals surface area contributed by atoms with Gasteiger partial charge in [0.1, 0.15) is 13.2 Å². The molecule has 0 radical (unpaired) electrons. The molecule has 2 unspecified atom stereocenters. The number of halogens is 3. The quantitative estimate of drug-likeness (QED) is 0.590. The topological polar surface area (TPSA) is 71.1 Å². The molecule has 0 amide bonds. The van der Waals surface area contributed by atoms with E-state index in [-0.39, 0.29) is 0 Å². The highest BCUT2D eigenvalue weighted by molar-refractivity contribution is 5.65. The highest BCUT2D eigenvalue weighted by Gasteiger charge is 2.65. The molecular weight excluding hydrogens is 237 g/mol. The second-order valence-electron chi connectivity index (χ2n) is 3.28. The SMILES string of the molecule is O=C1OCC2(COC(=O)O2)C(C(F)(F)F)O1. The molecule has 2 aliphatic heterocycles. The van der Waals surface area contributed by atoms with Crippen molar-refractivity contribution in [3.05, 3.63) is 0 Å². The first-order valence-corrected chi connectivity index (χ1v) is 4.09. The van der Waals surface area contributed by atoms with Crippen LogP contribution in [0.1, 0.15) is 0 Å². The zero-order valence-corrected chi connectivity index (χ0v) is 7.57. The third-order valence-electron chi connectivity index (χ3n) is 2.14. The summed E-state index contributed by atoms with van der Waals surface area (Å²) in [4.78, 5) is 21.3. The lowest BCUT2D eigenvalue weighted by Crippen LogP contribution is -2.60. The van der Waals surface area contributed by atoms with E-state index in [1.807, 2.05) is 0 Å². The number of carbonyl (C=O) groups excluding carboxylic acids is 2. The maximum Gasteiger partial charge on any atom is 0.509 e. The zero-order valence-electron chi connectivity index (χ0n) is 7.57. The van der Waals surface area contributed by atoms with E-state index in [9.17, 15) is 22.8 Å². The molecule has 0 N–H and O–H groups in total. The average molecular weight is 242 g/mol. The van der Waals surface area contributed by atoms with Crippen molar-refractivity contribution < 1.29 is 41.7 Å². The van der Waals surface area contributed by atoms with E-state index >= 15 is 0 Å². The van der Waals surface area contributed by atoms with Crippen LogP contribution in [0.25, 0.3) is 0 Å². The molecule has 6 nitrogen and oxygen atoms in total. The van der Waals surface area contributed by atoms with Crippen molar-refractivity contribution in [2.75, 3.05) is 13.2 Å². The van der Waals surface area contributed by atoms with Gasteiger partial charge in [-0.1, -0.05) is 0 Å². The Morgan fingerprint density at radius 3 is 2.12 bits per heavy atom. The predicted molar refractivity (Wildman–Crippen MR) is 37.4 cm³/mol. The van der Waals surface area contributed by atoms with Crippen LogP contribution in [-0.2, 0) is 18.9 Å². The van der Waals surface area contributed by atoms with Gasteiger partial charge in [0.25, 0.3) is 0 Å². The molecule has 0 aromatic carbocycles. The van der Waals surface area contributed by atoms with Crippen LogP contribution in [0.3, 0.4) is 0 Å². The number of carbonyl (C=O) groups is 2. The molecule has 0 aliphatic carbocycles. The Bertz CT molecular complexity index is 340. The van der Waals surface area contributed by atoms with E-state index < -0.39 is 43.4 Å². The number of hydrogen-bond acceptors (Lipinski definition) is 6. The first-order valence-electron chi connectivity index (χ1n) is 4.09. The van der Waals surface area contributed by atoms with Crippen LogP contribution in [-0.4, -0.2) is 43.4 Å². The van der Waals surface area contributed by atoms with Crippen LogP contribution >= 0.6 is 0 Å². The van der Waals surface area contributed by atoms with E-state index in [0.717, 1.165) is 0 Å². The highest BCUT2D eigenvalue weighted by atomic mass is 19.4. The minimum atomic E-state index is -4.87. The summed E-state index contributed by atoms with van der Waals surface area (Å²) in [7, 11) is 0. The van der Waals surface area contributed by atoms with Crippen molar-refractivity contribution in [2.45, 2.75) is 17.9 Å². The lowest BCUT2D eigenvalue weighted by atomic mass is 9.97. The number of hydrogen-bond donors (Lipinski definition) is 0. The van der Waals surface area contributed by atoms with Gasteiger partial charge in [-0.2, -0.15) is 13.2 Å². The molecule has 2 atom stereocenters. The number of rotatable bonds is 0. The van der Waals surface area contributed by atoms with Gasteiger partial charge in [-0.3, -0.25) is 0 Å². The van der Waals surface area contributed by atoms with E-state index in [2.05, 4.69) is 18.9 Å². The van der Waals surface area contributed by atoms with Crippen LogP contribution < -0.4 is 0 Å². The van der Waals surface area contributed by atoms with Crippen LogP contribution in [0.4, 0.5) is 22.8 Å². The third kappa shape index (κ3) is 1.61. The Hall–Kier alpha value is -1.67. The second kappa shape index (κ2) is 3.16. The van der Waals surface area contributed by atoms with E-state index in [1.165, 1.54) is 0 Å². The van der Waals surface area contributed by atoms with Gasteiger partial charge in [-0.25, -0.2) is 9.59 Å². The standard InChI is InChI=1S/C7H5F3O6/c8-7(9,10)3-6(1-13-4(11)15-3)2-14-5(12)16-6/h3H,1-2H2. The molecule has 0 saturated carbocycles. The molecular formula is C7H5F3O6. The van der Waals surface area contributed by atoms with Crippen molar-refractivity contribution in [2.24, 2.45) is 0 Å². The van der Waals surface area contributed by atoms with Gasteiger partial charge in [0.2, 0.25) is 11.7 Å². The Balaban J connectivity index is 2.28. The average Bonchev–Trinajstić information content (AvgIpc) is 2.52. The lowest BCUT2D eigenvalue weighted by molar-refractivity contribution is -0.276. The fraction of sp³-hybridized carbons (Fsp3) is 0.714. The van der Waals surface area contributed by atoms with Crippen molar-refractivity contribution >= 4 is 12.3 Å². The summed E-state index contributed by atoms with van der Waals surface area (Å²) >= 11 is 0. The van der Waals surface area contributed by atoms with Crippen molar-refractivity contribution in [1.29, 1.82) is 0 Å². The van der Waals surface area contributed by atoms with Gasteiger partial charge in [0, 0.05) is 0 Å². The molecule has 9 heteroatoms. The monoisotopic (exact) mass is 242 g/mol. The fourth-order valence-electron chi connectivity index (χ4n) is 1.47. The molecule has 0 aromatic heterocycles. The summed E-state index contributed by atoms with van der Waals surface area (Å²) < 4.78 is 54.6. The molecule has 0 bridgehead atoms. The highest BCUT2D eigenvalue weighted by Crippen LogP contribution is 2.39. The summed E-state index contributed by atoms with van der Waals surface area (Å²) in [6.45, 7) is -1.43. The molecule has 2 aliphatic rings. The second-order valence-corrected chi connectivity index (χ2v) is 3.28. The normalized spacial score (nSPS) is 34.1. The molecule has 16 heavy (non-hydrogen) atoms. The smallest absolute Gasteiger partial charge is 0.430 e. The van der Waals surface area contributed by atoms with Crippen LogP contribution in [0, 0.1) is 0 Å². The minimum absolute atomic E-state index is 0.677. The molecule has 0 aromatic rings. The number of alkyl halides is 3. The van der Waals surface area contributed by atoms with Gasteiger partial charge in [-0.05, 0) is 0 Å². The maximum absolute atomic E-state index is 12.6. The van der Waals surface area contributed by atoms with Crippen LogP contribution in [0.5, 0.6) is 0 Å². The third-order valence-corrected chi connectivity index (χ3v) is 2.14. The van der Waals surface area contributed by atoms with E-state index in [1.54, 1.807) is 0 Å². The first-order chi connectivity index (χ1) is 7.33. The van der Waals surface area contributed by atoms with Gasteiger partial charge >= 0.3 is 18.5 Å². The summed E-state index contributed by atoms with van der Waals surface area (Å²) in [5.41, 5.74) is -2.14. The lowest BCUT2D eigenvalue weighted by Gasteiger charge is -2.36. The molecule has 90 valence electrons. The van der Waals surface area contributed by atoms with Crippen molar-refractivity contribution in [3.8, 4) is 0 Å².